The molecule has 0 bridgehead atoms. The number of aliphatic hydroxyl groups excluding tert-OH is 1. The van der Waals surface area contributed by atoms with Gasteiger partial charge in [-0.2, -0.15) is 0 Å². The van der Waals surface area contributed by atoms with Gasteiger partial charge in [0.2, 0.25) is 0 Å². The third-order valence-corrected chi connectivity index (χ3v) is 3.78. The second-order valence-corrected chi connectivity index (χ2v) is 4.91. The van der Waals surface area contributed by atoms with Crippen LogP contribution in [0.3, 0.4) is 0 Å². The quantitative estimate of drug-likeness (QED) is 0.716. The largest absolute Gasteiger partial charge is 0.393 e. The number of aliphatic hydroxyl groups is 1. The molecular weight excluding hydrogens is 162 g/mol. The number of nitrogens with zero attached hydrogens (tertiary/aromatic N) is 1. The standard InChI is InChI=1S/C11H21NO/c1-2-10(13)4-7-12-8-11(9-12)5-3-6-11/h10,13H,2-9H2,1H3. The van der Waals surface area contributed by atoms with Crippen molar-refractivity contribution in [1.29, 1.82) is 0 Å². The Bertz CT molecular complexity index is 169. The molecule has 2 aliphatic rings. The maximum absolute atomic E-state index is 9.40. The van der Waals surface area contributed by atoms with Crippen LogP contribution in [0.1, 0.15) is 39.0 Å². The molecule has 2 nitrogen and oxygen atoms in total. The Hall–Kier alpha value is -0.0800. The topological polar surface area (TPSA) is 23.5 Å². The Kier molecular flexibility index (Phi) is 2.61. The summed E-state index contributed by atoms with van der Waals surface area (Å²) in [6, 6.07) is 0. The molecule has 0 aromatic carbocycles. The van der Waals surface area contributed by atoms with E-state index in [1.165, 1.54) is 32.4 Å². The van der Waals surface area contributed by atoms with Crippen molar-refractivity contribution < 1.29 is 5.11 Å². The highest BCUT2D eigenvalue weighted by Crippen LogP contribution is 2.47. The van der Waals surface area contributed by atoms with Crippen LogP contribution in [0, 0.1) is 5.41 Å². The summed E-state index contributed by atoms with van der Waals surface area (Å²) < 4.78 is 0. The fraction of sp³-hybridized carbons (Fsp3) is 1.00. The van der Waals surface area contributed by atoms with E-state index in [0.29, 0.717) is 0 Å². The Morgan fingerprint density at radius 2 is 2.08 bits per heavy atom. The molecule has 2 rings (SSSR count). The number of rotatable bonds is 4. The summed E-state index contributed by atoms with van der Waals surface area (Å²) >= 11 is 0. The third-order valence-electron chi connectivity index (χ3n) is 3.78. The van der Waals surface area contributed by atoms with Crippen LogP contribution < -0.4 is 0 Å². The van der Waals surface area contributed by atoms with Gasteiger partial charge in [0.05, 0.1) is 6.10 Å². The molecule has 13 heavy (non-hydrogen) atoms. The summed E-state index contributed by atoms with van der Waals surface area (Å²) in [6.07, 6.45) is 6.16. The van der Waals surface area contributed by atoms with Crippen LogP contribution in [0.25, 0.3) is 0 Å². The van der Waals surface area contributed by atoms with E-state index in [1.54, 1.807) is 0 Å². The molecule has 2 fully saturated rings. The molecule has 1 aliphatic carbocycles. The monoisotopic (exact) mass is 183 g/mol. The molecule has 1 unspecified atom stereocenters. The Morgan fingerprint density at radius 1 is 1.38 bits per heavy atom. The van der Waals surface area contributed by atoms with E-state index in [1.807, 2.05) is 6.92 Å². The summed E-state index contributed by atoms with van der Waals surface area (Å²) in [5.74, 6) is 0. The van der Waals surface area contributed by atoms with Crippen molar-refractivity contribution in [1.82, 2.24) is 4.90 Å². The first-order chi connectivity index (χ1) is 6.24. The number of likely N-dealkylation sites (tertiary alicyclic amines) is 1. The van der Waals surface area contributed by atoms with Gasteiger partial charge in [-0.1, -0.05) is 13.3 Å². The van der Waals surface area contributed by atoms with Crippen molar-refractivity contribution >= 4 is 0 Å². The van der Waals surface area contributed by atoms with Gasteiger partial charge in [-0.15, -0.1) is 0 Å². The molecule has 76 valence electrons. The van der Waals surface area contributed by atoms with Gasteiger partial charge in [0, 0.05) is 19.6 Å². The van der Waals surface area contributed by atoms with Gasteiger partial charge in [0.1, 0.15) is 0 Å². The third kappa shape index (κ3) is 1.89. The minimum atomic E-state index is -0.0714. The van der Waals surface area contributed by atoms with Crippen molar-refractivity contribution in [3.8, 4) is 0 Å². The van der Waals surface area contributed by atoms with E-state index >= 15 is 0 Å². The van der Waals surface area contributed by atoms with E-state index in [2.05, 4.69) is 4.90 Å². The van der Waals surface area contributed by atoms with E-state index in [9.17, 15) is 5.11 Å². The summed E-state index contributed by atoms with van der Waals surface area (Å²) in [4.78, 5) is 2.50. The van der Waals surface area contributed by atoms with Crippen LogP contribution in [-0.4, -0.2) is 35.7 Å². The minimum absolute atomic E-state index is 0.0714. The maximum atomic E-state index is 9.40. The summed E-state index contributed by atoms with van der Waals surface area (Å²) in [7, 11) is 0. The summed E-state index contributed by atoms with van der Waals surface area (Å²) in [5.41, 5.74) is 0.747. The smallest absolute Gasteiger partial charge is 0.0549 e. The van der Waals surface area contributed by atoms with E-state index < -0.39 is 0 Å². The summed E-state index contributed by atoms with van der Waals surface area (Å²) in [6.45, 7) is 5.78. The Morgan fingerprint density at radius 3 is 2.54 bits per heavy atom. The number of hydrogen-bond acceptors (Lipinski definition) is 2. The highest BCUT2D eigenvalue weighted by Gasteiger charge is 2.46. The molecular formula is C11H21NO. The zero-order valence-corrected chi connectivity index (χ0v) is 8.63. The highest BCUT2D eigenvalue weighted by atomic mass is 16.3. The molecule has 0 amide bonds. The number of hydrogen-bond donors (Lipinski definition) is 1. The minimum Gasteiger partial charge on any atom is -0.393 e. The van der Waals surface area contributed by atoms with E-state index in [4.69, 9.17) is 0 Å². The van der Waals surface area contributed by atoms with Crippen molar-refractivity contribution in [2.75, 3.05) is 19.6 Å². The van der Waals surface area contributed by atoms with Crippen molar-refractivity contribution in [2.24, 2.45) is 5.41 Å². The molecule has 1 N–H and O–H groups in total. The molecule has 1 saturated carbocycles. The van der Waals surface area contributed by atoms with Gasteiger partial charge in [-0.05, 0) is 31.1 Å². The van der Waals surface area contributed by atoms with Crippen molar-refractivity contribution in [3.05, 3.63) is 0 Å². The molecule has 0 radical (unpaired) electrons. The first-order valence-corrected chi connectivity index (χ1v) is 5.64. The van der Waals surface area contributed by atoms with Crippen molar-refractivity contribution in [2.45, 2.75) is 45.1 Å². The SMILES string of the molecule is CCC(O)CCN1CC2(CCC2)C1. The normalized spacial score (nSPS) is 28.2. The van der Waals surface area contributed by atoms with Crippen molar-refractivity contribution in [3.63, 3.8) is 0 Å². The summed E-state index contributed by atoms with van der Waals surface area (Å²) in [5, 5.41) is 9.40. The van der Waals surface area contributed by atoms with Gasteiger partial charge in [0.15, 0.2) is 0 Å². The predicted octanol–water partition coefficient (Wildman–Crippen LogP) is 1.63. The highest BCUT2D eigenvalue weighted by molar-refractivity contribution is 5.00. The molecule has 1 saturated heterocycles. The van der Waals surface area contributed by atoms with E-state index in [0.717, 1.165) is 24.8 Å². The van der Waals surface area contributed by atoms with Gasteiger partial charge in [-0.25, -0.2) is 0 Å². The van der Waals surface area contributed by atoms with E-state index in [-0.39, 0.29) is 6.10 Å². The fourth-order valence-electron chi connectivity index (χ4n) is 2.59. The second-order valence-electron chi connectivity index (χ2n) is 4.91. The lowest BCUT2D eigenvalue weighted by molar-refractivity contribution is -0.0641. The first-order valence-electron chi connectivity index (χ1n) is 5.64. The van der Waals surface area contributed by atoms with Gasteiger partial charge >= 0.3 is 0 Å². The fourth-order valence-corrected chi connectivity index (χ4v) is 2.59. The second kappa shape index (κ2) is 3.58. The van der Waals surface area contributed by atoms with Crippen LogP contribution in [0.15, 0.2) is 0 Å². The van der Waals surface area contributed by atoms with Gasteiger partial charge in [0.25, 0.3) is 0 Å². The average molecular weight is 183 g/mol. The average Bonchev–Trinajstić information content (AvgIpc) is 1.98. The van der Waals surface area contributed by atoms with Crippen LogP contribution in [0.2, 0.25) is 0 Å². The molecule has 1 aliphatic heterocycles. The first kappa shape index (κ1) is 9.47. The zero-order chi connectivity index (χ0) is 9.31. The lowest BCUT2D eigenvalue weighted by atomic mass is 9.63. The molecule has 1 spiro atoms. The molecule has 0 aromatic heterocycles. The van der Waals surface area contributed by atoms with Crippen LogP contribution >= 0.6 is 0 Å². The van der Waals surface area contributed by atoms with Crippen LogP contribution in [0.4, 0.5) is 0 Å². The molecule has 1 heterocycles. The Balaban J connectivity index is 1.59. The lowest BCUT2D eigenvalue weighted by Gasteiger charge is -2.56. The van der Waals surface area contributed by atoms with Gasteiger partial charge in [-0.3, -0.25) is 0 Å². The molecule has 1 atom stereocenters. The maximum Gasteiger partial charge on any atom is 0.0549 e. The molecule has 0 aromatic rings. The predicted molar refractivity (Wildman–Crippen MR) is 53.6 cm³/mol. The van der Waals surface area contributed by atoms with Crippen LogP contribution in [-0.2, 0) is 0 Å². The van der Waals surface area contributed by atoms with Crippen LogP contribution in [0.5, 0.6) is 0 Å². The zero-order valence-electron chi connectivity index (χ0n) is 8.63. The molecule has 2 heteroatoms. The Labute approximate surface area is 80.9 Å². The van der Waals surface area contributed by atoms with Gasteiger partial charge < -0.3 is 10.0 Å². The lowest BCUT2D eigenvalue weighted by Crippen LogP contribution is -2.59.